The molecule has 1 aromatic rings. The summed E-state index contributed by atoms with van der Waals surface area (Å²) in [6.45, 7) is 1.92. The Morgan fingerprint density at radius 3 is 2.82 bits per heavy atom. The third kappa shape index (κ3) is 1.94. The summed E-state index contributed by atoms with van der Waals surface area (Å²) in [4.78, 5) is 9.23. The Hall–Kier alpha value is -2.11. The molecule has 0 fully saturated rings. The molecular weight excluding hydrogens is 394 g/mol. The second-order valence-electron chi connectivity index (χ2n) is 2.09. The number of benzene rings is 1. The first-order chi connectivity index (χ1) is 4.84. The van der Waals surface area contributed by atoms with Crippen molar-refractivity contribution in [3.05, 3.63) is 35.9 Å². The largest absolute Gasteiger partial charge is 0.292 e. The van der Waals surface area contributed by atoms with Crippen LogP contribution in [0.15, 0.2) is 24.3 Å². The Balaban J connectivity index is 0.000001000. The van der Waals surface area contributed by atoms with E-state index in [0.717, 1.165) is 5.56 Å². The van der Waals surface area contributed by atoms with Crippen LogP contribution in [0.3, 0.4) is 0 Å². The quantitative estimate of drug-likeness (QED) is 0.408. The molecule has 1 N–H and O–H groups in total. The van der Waals surface area contributed by atoms with Crippen molar-refractivity contribution in [2.45, 2.75) is 13.3 Å². The van der Waals surface area contributed by atoms with Crippen LogP contribution in [0.1, 0.15) is 18.9 Å². The standard InChI is InChI=1S/C9H9O.Bh/c1-2-9(10)8-6-4-3-5-7-8;/h3-4,6-7H,2H2,1H3;/q-1;/p+1. The van der Waals surface area contributed by atoms with Gasteiger partial charge in [-0.3, -0.25) is 4.79 Å². The van der Waals surface area contributed by atoms with E-state index < -0.39 is 0 Å². The number of rotatable bonds is 2. The van der Waals surface area contributed by atoms with Crippen LogP contribution in [0.25, 0.3) is 0 Å². The number of hydrogen-bond acceptors (Lipinski definition) is 0. The summed E-state index contributed by atoms with van der Waals surface area (Å²) < 4.78 is 0. The predicted octanol–water partition coefficient (Wildman–Crippen LogP) is 1.79. The van der Waals surface area contributed by atoms with Crippen LogP contribution in [-0.2, 0) is 0 Å². The average molecular weight is 404 g/mol. The molecule has 0 spiro atoms. The second-order valence-corrected chi connectivity index (χ2v) is 2.09. The molecule has 11 heavy (non-hydrogen) atoms. The molecule has 0 bridgehead atoms. The number of carbonyl (C=O) groups excluding carboxylic acids is 1. The van der Waals surface area contributed by atoms with Gasteiger partial charge in [0.2, 0.25) is 0 Å². The molecule has 1 aromatic carbocycles. The van der Waals surface area contributed by atoms with E-state index in [0.29, 0.717) is 12.2 Å². The van der Waals surface area contributed by atoms with E-state index >= 15 is 0 Å². The van der Waals surface area contributed by atoms with Crippen molar-refractivity contribution < 1.29 is 4.79 Å². The Bertz CT molecular complexity index is 218. The summed E-state index contributed by atoms with van der Waals surface area (Å²) in [5, 5.41) is 0. The van der Waals surface area contributed by atoms with Gasteiger partial charge in [-0.05, 0) is 5.56 Å². The molecule has 0 aromatic heterocycles. The first kappa shape index (κ1) is 8.89. The zero-order chi connectivity index (χ0) is 7.40. The summed E-state index contributed by atoms with van der Waals surface area (Å²) in [5.41, 5.74) is 0.866. The first-order valence-electron chi connectivity index (χ1n) is 3.36. The van der Waals surface area contributed by atoms with Gasteiger partial charge in [0.15, 0.2) is 0 Å². The van der Waals surface area contributed by atoms with E-state index in [2.05, 4.69) is 6.07 Å². The minimum Gasteiger partial charge on any atom is -0.292 e. The van der Waals surface area contributed by atoms with E-state index in [9.17, 15) is 4.79 Å². The molecular formula is C9H10BhO. The minimum atomic E-state index is 0. The van der Waals surface area contributed by atoms with Crippen LogP contribution >= 0.6 is 0 Å². The molecule has 0 saturated carbocycles. The summed E-state index contributed by atoms with van der Waals surface area (Å²) in [5.74, 6) is 0.428. The molecule has 1 nitrogen and oxygen atoms in total. The van der Waals surface area contributed by atoms with Gasteiger partial charge in [-0.25, -0.2) is 0 Å². The van der Waals surface area contributed by atoms with Crippen LogP contribution in [0, 0.1) is 6.07 Å². The Labute approximate surface area is 60.7 Å². The molecule has 0 aliphatic heterocycles. The van der Waals surface area contributed by atoms with Crippen LogP contribution in [0.5, 0.6) is 0 Å². The van der Waals surface area contributed by atoms with Crippen molar-refractivity contribution in [3.63, 3.8) is 0 Å². The predicted molar refractivity (Wildman–Crippen MR) is 41.6 cm³/mol. The summed E-state index contributed by atoms with van der Waals surface area (Å²) in [6, 6.07) is 10.2. The fourth-order valence-corrected chi connectivity index (χ4v) is 0.777. The Morgan fingerprint density at radius 1 is 1.64 bits per heavy atom. The zero-order valence-corrected chi connectivity index (χ0v) is 13.2. The molecule has 54 valence electrons. The van der Waals surface area contributed by atoms with Crippen molar-refractivity contribution in [1.82, 2.24) is 0 Å². The maximum atomic E-state index is 9.23. The fraction of sp³-hybridized carbons (Fsp3) is 0.222. The molecule has 0 unspecified atom stereocenters. The normalized spacial score (nSPS) is 8.45. The molecule has 0 aliphatic carbocycles. The van der Waals surface area contributed by atoms with Gasteiger partial charge in [-0.1, -0.05) is 6.92 Å². The molecule has 0 aliphatic rings. The van der Waals surface area contributed by atoms with Crippen LogP contribution in [-0.4, -0.2) is 10.6 Å². The van der Waals surface area contributed by atoms with Crippen LogP contribution in [0.2, 0.25) is 0 Å². The zero-order valence-electron chi connectivity index (χ0n) is 6.67. The van der Waals surface area contributed by atoms with Crippen molar-refractivity contribution in [2.75, 3.05) is 0 Å². The Morgan fingerprint density at radius 2 is 2.36 bits per heavy atom. The number of ketones is 1. The molecule has 2 heteroatoms. The molecule has 0 radical (unpaired) electrons. The van der Waals surface area contributed by atoms with Crippen LogP contribution in [0.4, 0.5) is 0 Å². The van der Waals surface area contributed by atoms with Crippen LogP contribution < -0.4 is 0 Å². The molecule has 0 saturated heterocycles. The van der Waals surface area contributed by atoms with Crippen molar-refractivity contribution in [2.24, 2.45) is 0 Å². The maximum absolute atomic E-state index is 9.23. The molecule has 0 amide bonds. The Kier molecular flexibility index (Phi) is 3.09. The van der Waals surface area contributed by atoms with Crippen molar-refractivity contribution in [3.8, 4) is 0 Å². The van der Waals surface area contributed by atoms with Crippen molar-refractivity contribution in [1.29, 1.82) is 0 Å². The molecule has 0 heterocycles. The van der Waals surface area contributed by atoms with E-state index in [1.165, 1.54) is 0 Å². The summed E-state index contributed by atoms with van der Waals surface area (Å²) in [7, 11) is 0. The van der Waals surface area contributed by atoms with Gasteiger partial charge in [0.05, 0.1) is 0 Å². The fourth-order valence-electron chi connectivity index (χ4n) is 0.777. The summed E-state index contributed by atoms with van der Waals surface area (Å²) >= 11 is 0. The van der Waals surface area contributed by atoms with E-state index in [1.807, 2.05) is 25.1 Å². The van der Waals surface area contributed by atoms with Crippen molar-refractivity contribution >= 4 is 5.78 Å². The van der Waals surface area contributed by atoms with Gasteiger partial charge in [0, 0.05) is 6.42 Å². The van der Waals surface area contributed by atoms with Gasteiger partial charge in [-0.2, -0.15) is 30.3 Å². The second kappa shape index (κ2) is 3.83. The average Bonchev–Trinajstić information content (AvgIpc) is 2.05. The minimum absolute atomic E-state index is 0. The maximum Gasteiger partial charge on any atom is 0.271 e. The van der Waals surface area contributed by atoms with E-state index in [-0.39, 0.29) is 0 Å². The third-order valence-electron chi connectivity index (χ3n) is 1.38. The number of hydrogen-bond donors (Lipinski definition) is 0. The smallest absolute Gasteiger partial charge is 0.271 e. The van der Waals surface area contributed by atoms with Gasteiger partial charge < -0.3 is 0 Å². The van der Waals surface area contributed by atoms with E-state index in [1.54, 1.807) is 6.07 Å². The molecule has 1 rings (SSSR count). The monoisotopic (exact) mass is 404 g/mol. The summed E-state index contributed by atoms with van der Waals surface area (Å²) in [6.07, 6.45) is 0.678. The van der Waals surface area contributed by atoms with E-state index in [4.69, 9.17) is 0 Å². The van der Waals surface area contributed by atoms with Gasteiger partial charge in [0.25, 0.3) is 5.78 Å². The molecule has 0 atom stereocenters. The first-order valence-corrected chi connectivity index (χ1v) is 3.36. The topological polar surface area (TPSA) is 21.4 Å². The SMILES string of the molecule is CCC(=[OH+])c1c[c-]ccc1.[Bh]. The van der Waals surface area contributed by atoms with Gasteiger partial charge in [-0.15, -0.1) is 0 Å². The van der Waals surface area contributed by atoms with Gasteiger partial charge >= 0.3 is 0 Å². The van der Waals surface area contributed by atoms with Gasteiger partial charge in [0.1, 0.15) is 0 Å². The third-order valence-corrected chi connectivity index (χ3v) is 1.38.